The maximum absolute atomic E-state index is 9.78. The van der Waals surface area contributed by atoms with Crippen molar-refractivity contribution in [2.24, 2.45) is 0 Å². The van der Waals surface area contributed by atoms with Gasteiger partial charge in [-0.1, -0.05) is 13.8 Å². The molecule has 0 amide bonds. The third kappa shape index (κ3) is 16.2. The Labute approximate surface area is 57.1 Å². The van der Waals surface area contributed by atoms with Crippen molar-refractivity contribution in [2.75, 3.05) is 6.61 Å². The van der Waals surface area contributed by atoms with Gasteiger partial charge in [-0.2, -0.15) is 0 Å². The van der Waals surface area contributed by atoms with Crippen LogP contribution >= 0.6 is 0 Å². The highest BCUT2D eigenvalue weighted by molar-refractivity contribution is 8.19. The van der Waals surface area contributed by atoms with Gasteiger partial charge in [0.25, 0.3) is 0 Å². The minimum absolute atomic E-state index is 0.443. The Hall–Kier alpha value is 0.330. The Morgan fingerprint density at radius 2 is 2.00 bits per heavy atom. The van der Waals surface area contributed by atoms with Crippen molar-refractivity contribution in [3.8, 4) is 0 Å². The molecular weight excluding hydrogens is 144 g/mol. The highest BCUT2D eigenvalue weighted by atomic mass is 32.8. The lowest BCUT2D eigenvalue weighted by atomic mass is 10.9. The average Bonchev–Trinajstić information content (AvgIpc) is 1.72. The van der Waals surface area contributed by atoms with Crippen LogP contribution in [-0.2, 0) is 25.0 Å². The predicted octanol–water partition coefficient (Wildman–Crippen LogP) is 0.907. The second kappa shape index (κ2) is 10.3. The van der Waals surface area contributed by atoms with E-state index < -0.39 is 9.64 Å². The molecule has 2 nitrogen and oxygen atoms in total. The molecule has 0 aliphatic heterocycles. The summed E-state index contributed by atoms with van der Waals surface area (Å²) in [6, 6.07) is 0. The van der Waals surface area contributed by atoms with Crippen molar-refractivity contribution in [1.82, 2.24) is 0 Å². The molecule has 4 heteroatoms. The molecule has 8 heavy (non-hydrogen) atoms. The van der Waals surface area contributed by atoms with Gasteiger partial charge in [0.05, 0.1) is 6.61 Å². The lowest BCUT2D eigenvalue weighted by Gasteiger charge is -1.80. The summed E-state index contributed by atoms with van der Waals surface area (Å²) in [4.78, 5) is 0. The third-order valence-electron chi connectivity index (χ3n) is 0.235. The van der Waals surface area contributed by atoms with Gasteiger partial charge in [-0.05, 0) is 6.92 Å². The molecule has 0 N–H and O–H groups in total. The summed E-state index contributed by atoms with van der Waals surface area (Å²) >= 11 is 4.17. The molecule has 0 aliphatic carbocycles. The highest BCUT2D eigenvalue weighted by Gasteiger charge is 1.68. The average molecular weight is 156 g/mol. The molecule has 1 unspecified atom stereocenters. The smallest absolute Gasteiger partial charge is 0.133 e. The van der Waals surface area contributed by atoms with Crippen molar-refractivity contribution < 1.29 is 8.39 Å². The van der Waals surface area contributed by atoms with Crippen LogP contribution in [-0.4, -0.2) is 10.8 Å². The van der Waals surface area contributed by atoms with Crippen molar-refractivity contribution in [1.29, 1.82) is 0 Å². The SMILES string of the molecule is CC.CCO[SH](=O)=S. The van der Waals surface area contributed by atoms with E-state index in [-0.39, 0.29) is 0 Å². The molecule has 0 bridgehead atoms. The molecule has 0 saturated heterocycles. The molecule has 0 aromatic heterocycles. The number of thiol groups is 1. The monoisotopic (exact) mass is 156 g/mol. The van der Waals surface area contributed by atoms with Crippen molar-refractivity contribution in [3.63, 3.8) is 0 Å². The van der Waals surface area contributed by atoms with E-state index in [1.165, 1.54) is 0 Å². The minimum atomic E-state index is -1.77. The van der Waals surface area contributed by atoms with Gasteiger partial charge in [0.1, 0.15) is 9.64 Å². The van der Waals surface area contributed by atoms with Gasteiger partial charge in [0, 0.05) is 11.2 Å². The lowest BCUT2D eigenvalue weighted by Crippen LogP contribution is -1.81. The molecule has 0 spiro atoms. The molecule has 52 valence electrons. The highest BCUT2D eigenvalue weighted by Crippen LogP contribution is 1.66. The Morgan fingerprint density at radius 1 is 1.62 bits per heavy atom. The van der Waals surface area contributed by atoms with Crippen molar-refractivity contribution in [3.05, 3.63) is 0 Å². The molecule has 0 aromatic carbocycles. The molecule has 0 heterocycles. The second-order valence-electron chi connectivity index (χ2n) is 0.641. The van der Waals surface area contributed by atoms with Crippen LogP contribution in [0.3, 0.4) is 0 Å². The normalized spacial score (nSPS) is 11.4. The fraction of sp³-hybridized carbons (Fsp3) is 1.00. The predicted molar refractivity (Wildman–Crippen MR) is 39.9 cm³/mol. The van der Waals surface area contributed by atoms with Crippen molar-refractivity contribution in [2.45, 2.75) is 20.8 Å². The summed E-state index contributed by atoms with van der Waals surface area (Å²) < 4.78 is 14.2. The summed E-state index contributed by atoms with van der Waals surface area (Å²) in [6.45, 7) is 6.19. The fourth-order valence-electron chi connectivity index (χ4n) is 0.105. The van der Waals surface area contributed by atoms with Gasteiger partial charge in [-0.25, -0.2) is 4.21 Å². The largest absolute Gasteiger partial charge is 0.292 e. The number of hydrogen-bond acceptors (Lipinski definition) is 3. The van der Waals surface area contributed by atoms with E-state index in [2.05, 4.69) is 15.4 Å². The van der Waals surface area contributed by atoms with E-state index in [1.807, 2.05) is 13.8 Å². The molecular formula is C4H12O2S2. The van der Waals surface area contributed by atoms with Crippen molar-refractivity contribution >= 4 is 20.8 Å². The van der Waals surface area contributed by atoms with Crippen LogP contribution in [0, 0.1) is 0 Å². The molecule has 0 rings (SSSR count). The minimum Gasteiger partial charge on any atom is -0.292 e. The zero-order valence-corrected chi connectivity index (χ0v) is 7.09. The Kier molecular flexibility index (Phi) is 14.4. The zero-order chi connectivity index (χ0) is 6.99. The van der Waals surface area contributed by atoms with E-state index in [0.717, 1.165) is 0 Å². The second-order valence-corrected chi connectivity index (χ2v) is 2.24. The van der Waals surface area contributed by atoms with Gasteiger partial charge in [-0.15, -0.1) is 0 Å². The topological polar surface area (TPSA) is 26.3 Å². The van der Waals surface area contributed by atoms with Crippen LogP contribution in [0.2, 0.25) is 0 Å². The molecule has 1 atom stereocenters. The van der Waals surface area contributed by atoms with Crippen LogP contribution in [0.4, 0.5) is 0 Å². The van der Waals surface area contributed by atoms with Gasteiger partial charge in [0.15, 0.2) is 0 Å². The number of hydrogen-bond donors (Lipinski definition) is 1. The summed E-state index contributed by atoms with van der Waals surface area (Å²) in [5, 5.41) is 0. The van der Waals surface area contributed by atoms with Crippen LogP contribution < -0.4 is 0 Å². The Morgan fingerprint density at radius 3 is 2.00 bits per heavy atom. The van der Waals surface area contributed by atoms with E-state index in [0.29, 0.717) is 6.61 Å². The first-order valence-electron chi connectivity index (χ1n) is 2.54. The molecule has 0 radical (unpaired) electrons. The Balaban J connectivity index is 0. The van der Waals surface area contributed by atoms with Crippen LogP contribution in [0.25, 0.3) is 0 Å². The zero-order valence-electron chi connectivity index (χ0n) is 5.38. The number of rotatable bonds is 2. The molecule has 0 fully saturated rings. The first-order chi connectivity index (χ1) is 3.77. The quantitative estimate of drug-likeness (QED) is 0.602. The maximum Gasteiger partial charge on any atom is 0.133 e. The van der Waals surface area contributed by atoms with Gasteiger partial charge in [0.2, 0.25) is 0 Å². The molecule has 0 aliphatic rings. The fourth-order valence-corrected chi connectivity index (χ4v) is 0.632. The standard InChI is InChI=1S/C2H6O2S2.C2H6/c1-2-4-6(3)5;1-2/h6H,2H2,1H3;1-2H3. The van der Waals surface area contributed by atoms with E-state index in [4.69, 9.17) is 0 Å². The third-order valence-corrected chi connectivity index (χ3v) is 1.02. The van der Waals surface area contributed by atoms with Gasteiger partial charge < -0.3 is 0 Å². The van der Waals surface area contributed by atoms with Gasteiger partial charge in [-0.3, -0.25) is 4.18 Å². The molecule has 0 saturated carbocycles. The van der Waals surface area contributed by atoms with E-state index in [1.54, 1.807) is 6.92 Å². The lowest BCUT2D eigenvalue weighted by molar-refractivity contribution is 0.382. The first kappa shape index (κ1) is 11.2. The summed E-state index contributed by atoms with van der Waals surface area (Å²) in [5.74, 6) is 0. The van der Waals surface area contributed by atoms with Gasteiger partial charge >= 0.3 is 0 Å². The Bertz CT molecular complexity index is 80.0. The summed E-state index contributed by atoms with van der Waals surface area (Å²) in [5.41, 5.74) is 0. The van der Waals surface area contributed by atoms with Crippen LogP contribution in [0.15, 0.2) is 0 Å². The maximum atomic E-state index is 9.78. The first-order valence-corrected chi connectivity index (χ1v) is 4.73. The van der Waals surface area contributed by atoms with Crippen LogP contribution in [0.1, 0.15) is 20.8 Å². The van der Waals surface area contributed by atoms with E-state index in [9.17, 15) is 4.21 Å². The molecule has 0 aromatic rings. The summed E-state index contributed by atoms with van der Waals surface area (Å²) in [6.07, 6.45) is 0. The summed E-state index contributed by atoms with van der Waals surface area (Å²) in [7, 11) is -1.77. The van der Waals surface area contributed by atoms with E-state index >= 15 is 0 Å². The van der Waals surface area contributed by atoms with Crippen LogP contribution in [0.5, 0.6) is 0 Å².